The number of amidine groups is 1. The molecule has 3 rings (SSSR count). The zero-order valence-electron chi connectivity index (χ0n) is 10.6. The van der Waals surface area contributed by atoms with Crippen molar-refractivity contribution in [2.75, 3.05) is 0 Å². The van der Waals surface area contributed by atoms with Crippen LogP contribution >= 0.6 is 11.8 Å². The molecule has 0 aromatic heterocycles. The van der Waals surface area contributed by atoms with Crippen LogP contribution in [-0.4, -0.2) is 26.4 Å². The lowest BCUT2D eigenvalue weighted by Crippen LogP contribution is -2.57. The highest BCUT2D eigenvalue weighted by Gasteiger charge is 2.50. The molecule has 1 N–H and O–H groups in total. The normalized spacial score (nSPS) is 35.6. The molecule has 1 unspecified atom stereocenters. The number of allylic oxidation sites excluding steroid dienone is 1. The molecule has 1 fully saturated rings. The lowest BCUT2D eigenvalue weighted by molar-refractivity contribution is -0.0187. The van der Waals surface area contributed by atoms with Crippen LogP contribution in [0.25, 0.3) is 0 Å². The molecule has 2 aliphatic heterocycles. The highest BCUT2D eigenvalue weighted by atomic mass is 32.2. The van der Waals surface area contributed by atoms with Gasteiger partial charge in [0, 0.05) is 12.1 Å². The minimum atomic E-state index is -0.880. The van der Waals surface area contributed by atoms with E-state index in [4.69, 9.17) is 0 Å². The minimum absolute atomic E-state index is 0.128. The standard InChI is InChI=1S/C13H20N2OS/c1-10-8-17-11-14-12(2,16)9-13(15(10)11)6-4-3-5-7-13/h8,16H,3-7,9H2,1-2H3. The van der Waals surface area contributed by atoms with Crippen molar-refractivity contribution in [1.82, 2.24) is 4.90 Å². The summed E-state index contributed by atoms with van der Waals surface area (Å²) in [5, 5.41) is 13.5. The zero-order chi connectivity index (χ0) is 12.1. The van der Waals surface area contributed by atoms with E-state index in [9.17, 15) is 5.11 Å². The Morgan fingerprint density at radius 2 is 2.06 bits per heavy atom. The summed E-state index contributed by atoms with van der Waals surface area (Å²) in [6, 6.07) is 0. The van der Waals surface area contributed by atoms with E-state index in [1.807, 2.05) is 6.92 Å². The molecule has 1 spiro atoms. The molecule has 0 bridgehead atoms. The van der Waals surface area contributed by atoms with Gasteiger partial charge in [0.15, 0.2) is 10.9 Å². The van der Waals surface area contributed by atoms with Crippen LogP contribution in [0.5, 0.6) is 0 Å². The Labute approximate surface area is 107 Å². The number of hydrogen-bond acceptors (Lipinski definition) is 4. The van der Waals surface area contributed by atoms with Gasteiger partial charge in [-0.2, -0.15) is 0 Å². The van der Waals surface area contributed by atoms with Crippen LogP contribution in [0.2, 0.25) is 0 Å². The van der Waals surface area contributed by atoms with Crippen molar-refractivity contribution < 1.29 is 5.11 Å². The van der Waals surface area contributed by atoms with Gasteiger partial charge in [0.25, 0.3) is 0 Å². The van der Waals surface area contributed by atoms with E-state index >= 15 is 0 Å². The number of fused-ring (bicyclic) bond motifs is 2. The second-order valence-electron chi connectivity index (χ2n) is 5.79. The van der Waals surface area contributed by atoms with Gasteiger partial charge in [0.2, 0.25) is 0 Å². The summed E-state index contributed by atoms with van der Waals surface area (Å²) in [7, 11) is 0. The van der Waals surface area contributed by atoms with Crippen molar-refractivity contribution in [2.24, 2.45) is 4.99 Å². The first-order chi connectivity index (χ1) is 8.03. The second-order valence-corrected chi connectivity index (χ2v) is 6.62. The maximum atomic E-state index is 10.4. The Bertz CT molecular complexity index is 394. The Balaban J connectivity index is 2.02. The summed E-state index contributed by atoms with van der Waals surface area (Å²) >= 11 is 1.66. The van der Waals surface area contributed by atoms with Crippen molar-refractivity contribution in [1.29, 1.82) is 0 Å². The fourth-order valence-corrected chi connectivity index (χ4v) is 4.68. The van der Waals surface area contributed by atoms with Gasteiger partial charge in [-0.25, -0.2) is 4.99 Å². The first-order valence-corrected chi connectivity index (χ1v) is 7.36. The molecule has 1 aliphatic carbocycles. The smallest absolute Gasteiger partial charge is 0.171 e. The number of nitrogens with zero attached hydrogens (tertiary/aromatic N) is 2. The first-order valence-electron chi connectivity index (χ1n) is 6.48. The van der Waals surface area contributed by atoms with E-state index in [1.54, 1.807) is 11.8 Å². The lowest BCUT2D eigenvalue weighted by atomic mass is 9.74. The monoisotopic (exact) mass is 252 g/mol. The van der Waals surface area contributed by atoms with Gasteiger partial charge in [-0.3, -0.25) is 0 Å². The molecule has 0 radical (unpaired) electrons. The first kappa shape index (κ1) is 11.6. The van der Waals surface area contributed by atoms with Gasteiger partial charge in [0.05, 0.1) is 5.54 Å². The summed E-state index contributed by atoms with van der Waals surface area (Å²) in [5.74, 6) is 0. The SMILES string of the molecule is CC1=CSC2=NC(C)(O)CC3(CCCCC3)N12. The number of thioether (sulfide) groups is 1. The average molecular weight is 252 g/mol. The third kappa shape index (κ3) is 1.82. The number of aliphatic imine (C=N–C) groups is 1. The van der Waals surface area contributed by atoms with Gasteiger partial charge < -0.3 is 10.0 Å². The van der Waals surface area contributed by atoms with E-state index < -0.39 is 5.72 Å². The van der Waals surface area contributed by atoms with Crippen LogP contribution in [0.4, 0.5) is 0 Å². The highest BCUT2D eigenvalue weighted by Crippen LogP contribution is 2.48. The molecule has 1 saturated carbocycles. The summed E-state index contributed by atoms with van der Waals surface area (Å²) in [6.45, 7) is 4.01. The maximum absolute atomic E-state index is 10.4. The molecule has 3 nitrogen and oxygen atoms in total. The molecule has 3 aliphatic rings. The minimum Gasteiger partial charge on any atom is -0.369 e. The fraction of sp³-hybridized carbons (Fsp3) is 0.769. The highest BCUT2D eigenvalue weighted by molar-refractivity contribution is 8.16. The van der Waals surface area contributed by atoms with E-state index in [0.29, 0.717) is 0 Å². The lowest BCUT2D eigenvalue weighted by Gasteiger charge is -2.51. The average Bonchev–Trinajstić information content (AvgIpc) is 2.59. The van der Waals surface area contributed by atoms with Crippen LogP contribution in [0, 0.1) is 0 Å². The molecular weight excluding hydrogens is 232 g/mol. The molecule has 0 aromatic rings. The van der Waals surface area contributed by atoms with Crippen molar-refractivity contribution in [3.8, 4) is 0 Å². The Kier molecular flexibility index (Phi) is 2.56. The van der Waals surface area contributed by atoms with Gasteiger partial charge >= 0.3 is 0 Å². The second kappa shape index (κ2) is 3.75. The number of hydrogen-bond donors (Lipinski definition) is 1. The predicted molar refractivity (Wildman–Crippen MR) is 71.7 cm³/mol. The summed E-state index contributed by atoms with van der Waals surface area (Å²) < 4.78 is 0. The Hall–Kier alpha value is -0.480. The van der Waals surface area contributed by atoms with Crippen molar-refractivity contribution in [3.05, 3.63) is 11.1 Å². The summed E-state index contributed by atoms with van der Waals surface area (Å²) in [4.78, 5) is 6.88. The molecule has 0 aromatic carbocycles. The number of aliphatic hydroxyl groups is 1. The third-order valence-corrected chi connectivity index (χ3v) is 5.08. The van der Waals surface area contributed by atoms with Crippen molar-refractivity contribution in [3.63, 3.8) is 0 Å². The van der Waals surface area contributed by atoms with Crippen LogP contribution < -0.4 is 0 Å². The van der Waals surface area contributed by atoms with Crippen molar-refractivity contribution in [2.45, 2.75) is 63.6 Å². The summed E-state index contributed by atoms with van der Waals surface area (Å²) in [6.07, 6.45) is 7.03. The predicted octanol–water partition coefficient (Wildman–Crippen LogP) is 3.07. The Morgan fingerprint density at radius 1 is 1.35 bits per heavy atom. The van der Waals surface area contributed by atoms with Crippen LogP contribution in [0.15, 0.2) is 16.1 Å². The van der Waals surface area contributed by atoms with E-state index in [-0.39, 0.29) is 5.54 Å². The molecular formula is C13H20N2OS. The molecule has 17 heavy (non-hydrogen) atoms. The maximum Gasteiger partial charge on any atom is 0.171 e. The molecule has 94 valence electrons. The molecule has 2 heterocycles. The van der Waals surface area contributed by atoms with Gasteiger partial charge in [-0.1, -0.05) is 31.0 Å². The molecule has 0 amide bonds. The molecule has 1 atom stereocenters. The fourth-order valence-electron chi connectivity index (χ4n) is 3.61. The van der Waals surface area contributed by atoms with Gasteiger partial charge in [-0.05, 0) is 32.1 Å². The molecule has 4 heteroatoms. The van der Waals surface area contributed by atoms with Crippen LogP contribution in [0.3, 0.4) is 0 Å². The van der Waals surface area contributed by atoms with Crippen LogP contribution in [0.1, 0.15) is 52.4 Å². The van der Waals surface area contributed by atoms with E-state index in [2.05, 4.69) is 22.2 Å². The van der Waals surface area contributed by atoms with E-state index in [1.165, 1.54) is 37.8 Å². The third-order valence-electron chi connectivity index (χ3n) is 4.14. The topological polar surface area (TPSA) is 35.8 Å². The van der Waals surface area contributed by atoms with Crippen molar-refractivity contribution >= 4 is 16.9 Å². The molecule has 0 saturated heterocycles. The Morgan fingerprint density at radius 3 is 2.76 bits per heavy atom. The quantitative estimate of drug-likeness (QED) is 0.719. The largest absolute Gasteiger partial charge is 0.369 e. The number of rotatable bonds is 0. The van der Waals surface area contributed by atoms with Crippen LogP contribution in [-0.2, 0) is 0 Å². The zero-order valence-corrected chi connectivity index (χ0v) is 11.4. The van der Waals surface area contributed by atoms with Gasteiger partial charge in [0.1, 0.15) is 0 Å². The van der Waals surface area contributed by atoms with E-state index in [0.717, 1.165) is 11.6 Å². The summed E-state index contributed by atoms with van der Waals surface area (Å²) in [5.41, 5.74) is 0.545. The van der Waals surface area contributed by atoms with Gasteiger partial charge in [-0.15, -0.1) is 0 Å².